The molecule has 0 aliphatic carbocycles. The molecule has 6 heteroatoms. The number of morpholine rings is 1. The highest BCUT2D eigenvalue weighted by Gasteiger charge is 2.27. The van der Waals surface area contributed by atoms with Crippen LogP contribution in [-0.2, 0) is 9.53 Å². The van der Waals surface area contributed by atoms with Gasteiger partial charge in [0, 0.05) is 25.2 Å². The Labute approximate surface area is 143 Å². The van der Waals surface area contributed by atoms with Crippen LogP contribution in [0.25, 0.3) is 0 Å². The van der Waals surface area contributed by atoms with Crippen molar-refractivity contribution in [2.45, 2.75) is 26.9 Å². The lowest BCUT2D eigenvalue weighted by Crippen LogP contribution is -2.51. The summed E-state index contributed by atoms with van der Waals surface area (Å²) < 4.78 is 10.7. The number of aryl methyl sites for hydroxylation is 1. The first-order valence-electron chi connectivity index (χ1n) is 8.23. The van der Waals surface area contributed by atoms with Crippen LogP contribution in [0.2, 0.25) is 0 Å². The fourth-order valence-electron chi connectivity index (χ4n) is 2.74. The summed E-state index contributed by atoms with van der Waals surface area (Å²) in [5, 5.41) is 2.89. The Morgan fingerprint density at radius 3 is 2.83 bits per heavy atom. The molecular weight excluding hydrogens is 308 g/mol. The molecule has 1 unspecified atom stereocenters. The van der Waals surface area contributed by atoms with Gasteiger partial charge in [-0.15, -0.1) is 0 Å². The summed E-state index contributed by atoms with van der Waals surface area (Å²) in [5.41, 5.74) is 1.47. The first kappa shape index (κ1) is 18.3. The molecule has 6 nitrogen and oxygen atoms in total. The Hall–Kier alpha value is -2.08. The summed E-state index contributed by atoms with van der Waals surface area (Å²) in [6.07, 6.45) is -0.177. The van der Waals surface area contributed by atoms with Crippen LogP contribution in [0.4, 0.5) is 0 Å². The summed E-state index contributed by atoms with van der Waals surface area (Å²) in [6.45, 7) is 7.71. The van der Waals surface area contributed by atoms with Gasteiger partial charge in [-0.2, -0.15) is 0 Å². The number of carbonyl (C=O) groups is 2. The number of ether oxygens (including phenoxy) is 2. The molecule has 1 fully saturated rings. The van der Waals surface area contributed by atoms with Crippen LogP contribution >= 0.6 is 0 Å². The van der Waals surface area contributed by atoms with Crippen molar-refractivity contribution in [3.05, 3.63) is 29.3 Å². The monoisotopic (exact) mass is 334 g/mol. The Morgan fingerprint density at radius 1 is 1.46 bits per heavy atom. The van der Waals surface area contributed by atoms with Crippen molar-refractivity contribution in [1.29, 1.82) is 0 Å². The molecule has 1 aromatic carbocycles. The van der Waals surface area contributed by atoms with Crippen LogP contribution in [0, 0.1) is 12.8 Å². The van der Waals surface area contributed by atoms with E-state index in [1.54, 1.807) is 19.2 Å². The van der Waals surface area contributed by atoms with E-state index in [-0.39, 0.29) is 24.5 Å². The lowest BCUT2D eigenvalue weighted by molar-refractivity contribution is -0.149. The maximum Gasteiger partial charge on any atom is 0.251 e. The minimum Gasteiger partial charge on any atom is -0.497 e. The van der Waals surface area contributed by atoms with Gasteiger partial charge in [0.2, 0.25) is 5.91 Å². The largest absolute Gasteiger partial charge is 0.497 e. The maximum absolute atomic E-state index is 12.3. The number of nitrogens with one attached hydrogen (secondary N) is 1. The minimum absolute atomic E-state index is 0.0114. The van der Waals surface area contributed by atoms with E-state index in [1.165, 1.54) is 0 Å². The van der Waals surface area contributed by atoms with Gasteiger partial charge in [0.05, 0.1) is 13.2 Å². The molecule has 1 saturated heterocycles. The fourth-order valence-corrected chi connectivity index (χ4v) is 2.74. The third kappa shape index (κ3) is 4.71. The summed E-state index contributed by atoms with van der Waals surface area (Å²) in [7, 11) is 1.60. The first-order chi connectivity index (χ1) is 11.4. The Bertz CT molecular complexity index is 601. The minimum atomic E-state index is -0.177. The molecule has 1 atom stereocenters. The second-order valence-electron chi connectivity index (χ2n) is 6.52. The summed E-state index contributed by atoms with van der Waals surface area (Å²) >= 11 is 0. The molecular formula is C18H26N2O4. The van der Waals surface area contributed by atoms with Crippen LogP contribution < -0.4 is 10.1 Å². The normalized spacial score (nSPS) is 18.0. The highest BCUT2D eigenvalue weighted by molar-refractivity contribution is 5.95. The van der Waals surface area contributed by atoms with Crippen molar-refractivity contribution in [2.75, 3.05) is 33.4 Å². The molecule has 1 aliphatic rings. The van der Waals surface area contributed by atoms with Crippen molar-refractivity contribution < 1.29 is 19.1 Å². The van der Waals surface area contributed by atoms with Crippen molar-refractivity contribution >= 4 is 11.8 Å². The van der Waals surface area contributed by atoms with E-state index in [9.17, 15) is 9.59 Å². The lowest BCUT2D eigenvalue weighted by atomic mass is 10.1. The molecule has 1 heterocycles. The number of hydrogen-bond donors (Lipinski definition) is 1. The van der Waals surface area contributed by atoms with Crippen LogP contribution in [0.1, 0.15) is 29.8 Å². The molecule has 1 N–H and O–H groups in total. The van der Waals surface area contributed by atoms with E-state index in [4.69, 9.17) is 9.47 Å². The molecule has 0 saturated carbocycles. The molecule has 0 radical (unpaired) electrons. The molecule has 2 rings (SSSR count). The standard InChI is InChI=1S/C18H26N2O4/c1-12(2)9-20-10-15(24-11-17(20)21)8-19-18(22)16-6-5-14(23-4)7-13(16)3/h5-7,12,15H,8-11H2,1-4H3,(H,19,22). The quantitative estimate of drug-likeness (QED) is 0.858. The van der Waals surface area contributed by atoms with Crippen LogP contribution in [0.15, 0.2) is 18.2 Å². The smallest absolute Gasteiger partial charge is 0.251 e. The number of nitrogens with zero attached hydrogens (tertiary/aromatic N) is 1. The number of rotatable bonds is 6. The molecule has 132 valence electrons. The van der Waals surface area contributed by atoms with Crippen molar-refractivity contribution in [1.82, 2.24) is 10.2 Å². The van der Waals surface area contributed by atoms with E-state index in [0.717, 1.165) is 11.3 Å². The highest BCUT2D eigenvalue weighted by atomic mass is 16.5. The fraction of sp³-hybridized carbons (Fsp3) is 0.556. The second kappa shape index (κ2) is 8.15. The molecule has 24 heavy (non-hydrogen) atoms. The molecule has 1 aromatic rings. The van der Waals surface area contributed by atoms with E-state index in [1.807, 2.05) is 17.9 Å². The zero-order chi connectivity index (χ0) is 17.7. The van der Waals surface area contributed by atoms with Crippen molar-refractivity contribution in [2.24, 2.45) is 5.92 Å². The van der Waals surface area contributed by atoms with Crippen molar-refractivity contribution in [3.63, 3.8) is 0 Å². The summed E-state index contributed by atoms with van der Waals surface area (Å²) in [4.78, 5) is 26.0. The van der Waals surface area contributed by atoms with Crippen LogP contribution in [0.5, 0.6) is 5.75 Å². The average molecular weight is 334 g/mol. The van der Waals surface area contributed by atoms with Gasteiger partial charge in [-0.3, -0.25) is 9.59 Å². The van der Waals surface area contributed by atoms with E-state index < -0.39 is 0 Å². The predicted octanol–water partition coefficient (Wildman–Crippen LogP) is 1.62. The topological polar surface area (TPSA) is 67.9 Å². The number of methoxy groups -OCH3 is 1. The van der Waals surface area contributed by atoms with Crippen LogP contribution in [0.3, 0.4) is 0 Å². The zero-order valence-corrected chi connectivity index (χ0v) is 14.8. The van der Waals surface area contributed by atoms with Crippen LogP contribution in [-0.4, -0.2) is 56.2 Å². The molecule has 0 bridgehead atoms. The summed E-state index contributed by atoms with van der Waals surface area (Å²) in [6, 6.07) is 5.34. The molecule has 0 aromatic heterocycles. The van der Waals surface area contributed by atoms with E-state index in [2.05, 4.69) is 19.2 Å². The second-order valence-corrected chi connectivity index (χ2v) is 6.52. The summed E-state index contributed by atoms with van der Waals surface area (Å²) in [5.74, 6) is 0.995. The Kier molecular flexibility index (Phi) is 6.20. The van der Waals surface area contributed by atoms with Gasteiger partial charge in [0.25, 0.3) is 5.91 Å². The first-order valence-corrected chi connectivity index (χ1v) is 8.23. The third-order valence-corrected chi connectivity index (χ3v) is 3.97. The third-order valence-electron chi connectivity index (χ3n) is 3.97. The van der Waals surface area contributed by atoms with Gasteiger partial charge >= 0.3 is 0 Å². The predicted molar refractivity (Wildman–Crippen MR) is 91.2 cm³/mol. The lowest BCUT2D eigenvalue weighted by Gasteiger charge is -2.33. The Balaban J connectivity index is 1.90. The number of amides is 2. The van der Waals surface area contributed by atoms with Crippen molar-refractivity contribution in [3.8, 4) is 5.75 Å². The Morgan fingerprint density at radius 2 is 2.21 bits per heavy atom. The van der Waals surface area contributed by atoms with Gasteiger partial charge < -0.3 is 19.7 Å². The molecule has 1 aliphatic heterocycles. The van der Waals surface area contributed by atoms with E-state index in [0.29, 0.717) is 31.1 Å². The van der Waals surface area contributed by atoms with Gasteiger partial charge in [0.1, 0.15) is 12.4 Å². The SMILES string of the molecule is COc1ccc(C(=O)NCC2CN(CC(C)C)C(=O)CO2)c(C)c1. The van der Waals surface area contributed by atoms with Gasteiger partial charge in [-0.25, -0.2) is 0 Å². The van der Waals surface area contributed by atoms with Gasteiger partial charge in [-0.05, 0) is 36.6 Å². The van der Waals surface area contributed by atoms with Gasteiger partial charge in [0.15, 0.2) is 0 Å². The number of carbonyl (C=O) groups excluding carboxylic acids is 2. The molecule has 2 amide bonds. The molecule has 0 spiro atoms. The average Bonchev–Trinajstić information content (AvgIpc) is 2.54. The van der Waals surface area contributed by atoms with Gasteiger partial charge in [-0.1, -0.05) is 13.8 Å². The zero-order valence-electron chi connectivity index (χ0n) is 14.8. The number of benzene rings is 1. The maximum atomic E-state index is 12.3. The highest BCUT2D eigenvalue weighted by Crippen LogP contribution is 2.17. The number of hydrogen-bond acceptors (Lipinski definition) is 4. The van der Waals surface area contributed by atoms with E-state index >= 15 is 0 Å².